The highest BCUT2D eigenvalue weighted by molar-refractivity contribution is 7.92. The van der Waals surface area contributed by atoms with Gasteiger partial charge in [-0.3, -0.25) is 13.9 Å². The van der Waals surface area contributed by atoms with E-state index in [4.69, 9.17) is 0 Å². The van der Waals surface area contributed by atoms with Crippen LogP contribution in [0.25, 0.3) is 0 Å². The number of likely N-dealkylation sites (N-methyl/N-ethyl adjacent to an activating group) is 1. The second kappa shape index (κ2) is 12.6. The topological polar surface area (TPSA) is 86.8 Å². The maximum Gasteiger partial charge on any atom is 0.242 e. The summed E-state index contributed by atoms with van der Waals surface area (Å²) in [7, 11) is -3.50. The molecule has 2 aromatic carbocycles. The van der Waals surface area contributed by atoms with Crippen molar-refractivity contribution in [1.29, 1.82) is 0 Å². The summed E-state index contributed by atoms with van der Waals surface area (Å²) in [4.78, 5) is 27.7. The molecule has 0 spiro atoms. The van der Waals surface area contributed by atoms with Gasteiger partial charge in [-0.15, -0.1) is 0 Å². The molecule has 8 heteroatoms. The molecule has 0 bridgehead atoms. The van der Waals surface area contributed by atoms with E-state index >= 15 is 0 Å². The van der Waals surface area contributed by atoms with Gasteiger partial charge in [0.05, 0.1) is 11.9 Å². The van der Waals surface area contributed by atoms with Crippen molar-refractivity contribution < 1.29 is 18.0 Å². The van der Waals surface area contributed by atoms with Crippen LogP contribution in [0, 0.1) is 13.8 Å². The second-order valence-corrected chi connectivity index (χ2v) is 10.4. The lowest BCUT2D eigenvalue weighted by atomic mass is 10.1. The quantitative estimate of drug-likeness (QED) is 0.493. The SMILES string of the molecule is CCNC(=O)[C@@H](CC)N(Cc1ccccc1C)C(=O)CCCN(c1ccc(C)cc1)S(C)(=O)=O. The summed E-state index contributed by atoms with van der Waals surface area (Å²) in [5, 5.41) is 2.83. The summed E-state index contributed by atoms with van der Waals surface area (Å²) in [6, 6.07) is 14.5. The molecule has 2 amide bonds. The standard InChI is InChI=1S/C26H37N3O4S/c1-6-24(26(31)27-7-2)28(19-22-12-9-8-11-21(22)4)25(30)13-10-18-29(34(5,32)33)23-16-14-20(3)15-17-23/h8-9,11-12,14-17,24H,6-7,10,13,18-19H2,1-5H3,(H,27,31)/t24-/m1/s1. The smallest absolute Gasteiger partial charge is 0.242 e. The highest BCUT2D eigenvalue weighted by Gasteiger charge is 2.28. The third kappa shape index (κ3) is 7.58. The number of aryl methyl sites for hydroxylation is 2. The predicted octanol–water partition coefficient (Wildman–Crippen LogP) is 3.79. The van der Waals surface area contributed by atoms with Gasteiger partial charge in [0.15, 0.2) is 0 Å². The number of amides is 2. The van der Waals surface area contributed by atoms with Crippen molar-refractivity contribution in [2.24, 2.45) is 0 Å². The molecule has 0 unspecified atom stereocenters. The van der Waals surface area contributed by atoms with Crippen molar-refractivity contribution in [3.05, 3.63) is 65.2 Å². The van der Waals surface area contributed by atoms with Crippen molar-refractivity contribution in [2.45, 2.75) is 59.5 Å². The lowest BCUT2D eigenvalue weighted by Gasteiger charge is -2.31. The number of nitrogens with one attached hydrogen (secondary N) is 1. The van der Waals surface area contributed by atoms with Crippen LogP contribution >= 0.6 is 0 Å². The molecule has 2 aromatic rings. The number of rotatable bonds is 12. The van der Waals surface area contributed by atoms with E-state index in [1.54, 1.807) is 17.0 Å². The minimum atomic E-state index is -3.50. The van der Waals surface area contributed by atoms with Crippen LogP contribution in [0.1, 0.15) is 49.8 Å². The number of nitrogens with zero attached hydrogens (tertiary/aromatic N) is 2. The zero-order valence-corrected chi connectivity index (χ0v) is 21.7. The minimum absolute atomic E-state index is 0.139. The van der Waals surface area contributed by atoms with Crippen LogP contribution in [0.15, 0.2) is 48.5 Å². The Labute approximate surface area is 204 Å². The normalized spacial score (nSPS) is 12.1. The number of carbonyl (C=O) groups excluding carboxylic acids is 2. The van der Waals surface area contributed by atoms with Crippen molar-refractivity contribution in [2.75, 3.05) is 23.7 Å². The van der Waals surface area contributed by atoms with Crippen LogP contribution in [0.5, 0.6) is 0 Å². The van der Waals surface area contributed by atoms with Gasteiger partial charge in [0.1, 0.15) is 6.04 Å². The maximum absolute atomic E-state index is 13.4. The fourth-order valence-electron chi connectivity index (χ4n) is 3.90. The summed E-state index contributed by atoms with van der Waals surface area (Å²) in [5.41, 5.74) is 3.64. The van der Waals surface area contributed by atoms with Gasteiger partial charge in [-0.2, -0.15) is 0 Å². The third-order valence-corrected chi connectivity index (χ3v) is 7.01. The molecule has 1 N–H and O–H groups in total. The van der Waals surface area contributed by atoms with Crippen LogP contribution in [-0.4, -0.2) is 50.5 Å². The van der Waals surface area contributed by atoms with Crippen LogP contribution in [0.4, 0.5) is 5.69 Å². The molecule has 0 aliphatic carbocycles. The predicted molar refractivity (Wildman–Crippen MR) is 137 cm³/mol. The molecular weight excluding hydrogens is 450 g/mol. The highest BCUT2D eigenvalue weighted by atomic mass is 32.2. The van der Waals surface area contributed by atoms with Gasteiger partial charge in [0.2, 0.25) is 21.8 Å². The zero-order chi connectivity index (χ0) is 25.3. The van der Waals surface area contributed by atoms with E-state index in [1.165, 1.54) is 10.6 Å². The molecule has 0 aromatic heterocycles. The van der Waals surface area contributed by atoms with Crippen LogP contribution < -0.4 is 9.62 Å². The Balaban J connectivity index is 2.20. The van der Waals surface area contributed by atoms with E-state index in [9.17, 15) is 18.0 Å². The first-order valence-corrected chi connectivity index (χ1v) is 13.6. The van der Waals surface area contributed by atoms with Gasteiger partial charge >= 0.3 is 0 Å². The molecular formula is C26H37N3O4S. The number of hydrogen-bond donors (Lipinski definition) is 1. The maximum atomic E-state index is 13.4. The average molecular weight is 488 g/mol. The molecule has 0 fully saturated rings. The van der Waals surface area contributed by atoms with Gasteiger partial charge in [-0.1, -0.05) is 48.9 Å². The Morgan fingerprint density at radius 3 is 2.21 bits per heavy atom. The first-order valence-electron chi connectivity index (χ1n) is 11.7. The number of sulfonamides is 1. The molecule has 186 valence electrons. The van der Waals surface area contributed by atoms with Crippen molar-refractivity contribution >= 4 is 27.5 Å². The van der Waals surface area contributed by atoms with Crippen molar-refractivity contribution in [3.8, 4) is 0 Å². The van der Waals surface area contributed by atoms with Gasteiger partial charge in [-0.25, -0.2) is 8.42 Å². The van der Waals surface area contributed by atoms with E-state index in [2.05, 4.69) is 5.32 Å². The highest BCUT2D eigenvalue weighted by Crippen LogP contribution is 2.20. The zero-order valence-electron chi connectivity index (χ0n) is 20.9. The molecule has 0 radical (unpaired) electrons. The molecule has 0 saturated carbocycles. The van der Waals surface area contributed by atoms with Crippen molar-refractivity contribution in [3.63, 3.8) is 0 Å². The van der Waals surface area contributed by atoms with E-state index in [0.717, 1.165) is 16.7 Å². The first kappa shape index (κ1) is 27.4. The van der Waals surface area contributed by atoms with Crippen LogP contribution in [-0.2, 0) is 26.2 Å². The Kier molecular flexibility index (Phi) is 10.1. The lowest BCUT2D eigenvalue weighted by Crippen LogP contribution is -2.49. The Morgan fingerprint density at radius 1 is 1.00 bits per heavy atom. The molecule has 34 heavy (non-hydrogen) atoms. The van der Waals surface area contributed by atoms with Gasteiger partial charge < -0.3 is 10.2 Å². The molecule has 0 heterocycles. The van der Waals surface area contributed by atoms with Gasteiger partial charge in [-0.05, 0) is 56.9 Å². The molecule has 1 atom stereocenters. The second-order valence-electron chi connectivity index (χ2n) is 8.54. The molecule has 0 aliphatic rings. The number of carbonyl (C=O) groups is 2. The fraction of sp³-hybridized carbons (Fsp3) is 0.462. The number of benzene rings is 2. The molecule has 2 rings (SSSR count). The molecule has 7 nitrogen and oxygen atoms in total. The van der Waals surface area contributed by atoms with E-state index in [1.807, 2.05) is 64.1 Å². The minimum Gasteiger partial charge on any atom is -0.355 e. The summed E-state index contributed by atoms with van der Waals surface area (Å²) in [5.74, 6) is -0.344. The number of hydrogen-bond acceptors (Lipinski definition) is 4. The fourth-order valence-corrected chi connectivity index (χ4v) is 4.86. The lowest BCUT2D eigenvalue weighted by molar-refractivity contribution is -0.141. The molecule has 0 saturated heterocycles. The average Bonchev–Trinajstić information content (AvgIpc) is 2.78. The van der Waals surface area contributed by atoms with Crippen LogP contribution in [0.2, 0.25) is 0 Å². The van der Waals surface area contributed by atoms with E-state index in [0.29, 0.717) is 31.6 Å². The summed E-state index contributed by atoms with van der Waals surface area (Å²) in [6.45, 7) is 8.66. The number of anilines is 1. The Bertz CT molecular complexity index is 1070. The van der Waals surface area contributed by atoms with Crippen molar-refractivity contribution in [1.82, 2.24) is 10.2 Å². The first-order chi connectivity index (χ1) is 16.1. The summed E-state index contributed by atoms with van der Waals surface area (Å²) >= 11 is 0. The largest absolute Gasteiger partial charge is 0.355 e. The van der Waals surface area contributed by atoms with E-state index in [-0.39, 0.29) is 24.8 Å². The van der Waals surface area contributed by atoms with Gasteiger partial charge in [0.25, 0.3) is 0 Å². The third-order valence-electron chi connectivity index (χ3n) is 5.81. The molecule has 0 aliphatic heterocycles. The summed E-state index contributed by atoms with van der Waals surface area (Å²) in [6.07, 6.45) is 2.14. The van der Waals surface area contributed by atoms with Crippen LogP contribution in [0.3, 0.4) is 0 Å². The Hall–Kier alpha value is -2.87. The van der Waals surface area contributed by atoms with Gasteiger partial charge in [0, 0.05) is 26.1 Å². The van der Waals surface area contributed by atoms with E-state index < -0.39 is 16.1 Å². The monoisotopic (exact) mass is 487 g/mol. The summed E-state index contributed by atoms with van der Waals surface area (Å²) < 4.78 is 26.1. The Morgan fingerprint density at radius 2 is 1.65 bits per heavy atom.